The van der Waals surface area contributed by atoms with Gasteiger partial charge in [-0.25, -0.2) is 4.98 Å². The van der Waals surface area contributed by atoms with E-state index in [2.05, 4.69) is 39.4 Å². The molecule has 10 nitrogen and oxygen atoms in total. The Hall–Kier alpha value is -3.95. The van der Waals surface area contributed by atoms with E-state index in [0.29, 0.717) is 33.0 Å². The summed E-state index contributed by atoms with van der Waals surface area (Å²) in [5.41, 5.74) is 0.862. The molecule has 0 aliphatic heterocycles. The molecular weight excluding hydrogens is 510 g/mol. The first-order valence-corrected chi connectivity index (χ1v) is 13.4. The Kier molecular flexibility index (Phi) is 8.37. The summed E-state index contributed by atoms with van der Waals surface area (Å²) in [4.78, 5) is 29.9. The van der Waals surface area contributed by atoms with Gasteiger partial charge in [-0.3, -0.25) is 14.9 Å². The molecule has 0 bridgehead atoms. The van der Waals surface area contributed by atoms with Gasteiger partial charge in [-0.2, -0.15) is 14.9 Å². The number of aromatic nitrogens is 5. The molecule has 0 fully saturated rings. The molecule has 0 aliphatic rings. The zero-order chi connectivity index (χ0) is 26.4. The number of nitriles is 1. The van der Waals surface area contributed by atoms with Gasteiger partial charge in [0.2, 0.25) is 10.1 Å². The molecule has 0 saturated heterocycles. The second-order valence-electron chi connectivity index (χ2n) is 8.07. The number of ether oxygens (including phenoxy) is 1. The van der Waals surface area contributed by atoms with Crippen molar-refractivity contribution in [2.75, 3.05) is 5.32 Å². The van der Waals surface area contributed by atoms with Crippen molar-refractivity contribution in [1.82, 2.24) is 24.8 Å². The molecule has 190 valence electrons. The number of benzene rings is 1. The fourth-order valence-electron chi connectivity index (χ4n) is 3.50. The van der Waals surface area contributed by atoms with Gasteiger partial charge in [0.15, 0.2) is 0 Å². The fraction of sp³-hybridized carbons (Fsp3) is 0.320. The maximum Gasteiger partial charge on any atom is 0.275 e. The first-order valence-electron chi connectivity index (χ1n) is 11.8. The average Bonchev–Trinajstić information content (AvgIpc) is 3.54. The van der Waals surface area contributed by atoms with Crippen LogP contribution in [0.4, 0.5) is 5.13 Å². The van der Waals surface area contributed by atoms with Crippen LogP contribution in [0.3, 0.4) is 0 Å². The largest absolute Gasteiger partial charge is 0.487 e. The number of rotatable bonds is 10. The Morgan fingerprint density at radius 2 is 1.95 bits per heavy atom. The molecule has 3 heterocycles. The number of hydrogen-bond acceptors (Lipinski definition) is 10. The molecule has 0 unspecified atom stereocenters. The monoisotopic (exact) mass is 535 g/mol. The summed E-state index contributed by atoms with van der Waals surface area (Å²) < 4.78 is 7.08. The van der Waals surface area contributed by atoms with Gasteiger partial charge in [-0.1, -0.05) is 55.6 Å². The van der Waals surface area contributed by atoms with Crippen LogP contribution in [-0.4, -0.2) is 30.7 Å². The summed E-state index contributed by atoms with van der Waals surface area (Å²) in [7, 11) is 0. The zero-order valence-electron chi connectivity index (χ0n) is 20.6. The Morgan fingerprint density at radius 3 is 2.62 bits per heavy atom. The Bertz CT molecular complexity index is 1530. The van der Waals surface area contributed by atoms with Crippen LogP contribution in [0.2, 0.25) is 0 Å². The van der Waals surface area contributed by atoms with Crippen molar-refractivity contribution >= 4 is 44.7 Å². The molecule has 37 heavy (non-hydrogen) atoms. The van der Waals surface area contributed by atoms with E-state index in [0.717, 1.165) is 29.3 Å². The maximum atomic E-state index is 12.6. The maximum absolute atomic E-state index is 12.6. The lowest BCUT2D eigenvalue weighted by Gasteiger charge is -2.06. The van der Waals surface area contributed by atoms with Gasteiger partial charge >= 0.3 is 0 Å². The average molecular weight is 536 g/mol. The molecule has 1 aromatic carbocycles. The number of nitrogens with zero attached hydrogens (tertiary/aromatic N) is 6. The molecule has 1 N–H and O–H groups in total. The van der Waals surface area contributed by atoms with Gasteiger partial charge in [-0.15, -0.1) is 10.2 Å². The molecule has 4 rings (SSSR count). The molecule has 0 radical (unpaired) electrons. The van der Waals surface area contributed by atoms with E-state index in [1.165, 1.54) is 39.3 Å². The van der Waals surface area contributed by atoms with Crippen molar-refractivity contribution in [3.8, 4) is 11.8 Å². The van der Waals surface area contributed by atoms with Crippen LogP contribution in [0.15, 0.2) is 40.7 Å². The molecule has 4 aromatic rings. The summed E-state index contributed by atoms with van der Waals surface area (Å²) in [5.74, 6) is 0.317. The molecule has 1 amide bonds. The lowest BCUT2D eigenvalue weighted by molar-refractivity contribution is -0.112. The SMILES string of the molecule is CCc1nn2c(=O)cc(COc3ccc(/C=C(/C#N)C(=O)Nc4nnc(C(CC)CC)s4)cc3)nc2s1. The first-order chi connectivity index (χ1) is 17.9. The van der Waals surface area contributed by atoms with Crippen LogP contribution in [0, 0.1) is 11.3 Å². The summed E-state index contributed by atoms with van der Waals surface area (Å²) >= 11 is 2.70. The molecule has 0 aliphatic carbocycles. The number of anilines is 1. The number of carbonyl (C=O) groups is 1. The van der Waals surface area contributed by atoms with Crippen LogP contribution in [0.25, 0.3) is 11.0 Å². The van der Waals surface area contributed by atoms with Gasteiger partial charge in [-0.05, 0) is 43.0 Å². The first kappa shape index (κ1) is 26.1. The minimum absolute atomic E-state index is 0.0538. The summed E-state index contributed by atoms with van der Waals surface area (Å²) in [6.07, 6.45) is 4.11. The highest BCUT2D eigenvalue weighted by molar-refractivity contribution is 7.16. The zero-order valence-corrected chi connectivity index (χ0v) is 22.2. The van der Waals surface area contributed by atoms with E-state index in [1.54, 1.807) is 24.3 Å². The molecule has 12 heteroatoms. The third-order valence-electron chi connectivity index (χ3n) is 5.58. The smallest absolute Gasteiger partial charge is 0.275 e. The highest BCUT2D eigenvalue weighted by Gasteiger charge is 2.16. The normalized spacial score (nSPS) is 11.6. The standard InChI is InChI=1S/C25H25N7O3S2/c1-4-16(5-2)23-29-30-24(37-23)28-22(34)17(13-26)11-15-7-9-19(10-8-15)35-14-18-12-21(33)32-25(27-18)36-20(6-3)31-32/h7-12,16H,4-6,14H2,1-3H3,(H,28,30,34)/b17-11-. The Balaban J connectivity index is 1.40. The number of hydrogen-bond donors (Lipinski definition) is 1. The van der Waals surface area contributed by atoms with Gasteiger partial charge < -0.3 is 4.74 Å². The summed E-state index contributed by atoms with van der Waals surface area (Å²) in [5, 5.41) is 26.7. The lowest BCUT2D eigenvalue weighted by Crippen LogP contribution is -2.16. The van der Waals surface area contributed by atoms with Crippen molar-refractivity contribution < 1.29 is 9.53 Å². The number of aryl methyl sites for hydroxylation is 1. The van der Waals surface area contributed by atoms with Crippen LogP contribution < -0.4 is 15.6 Å². The summed E-state index contributed by atoms with van der Waals surface area (Å²) in [6.45, 7) is 6.26. The van der Waals surface area contributed by atoms with E-state index in [1.807, 2.05) is 13.0 Å². The molecule has 0 atom stereocenters. The molecule has 0 spiro atoms. The topological polar surface area (TPSA) is 135 Å². The lowest BCUT2D eigenvalue weighted by atomic mass is 10.1. The van der Waals surface area contributed by atoms with Crippen molar-refractivity contribution in [3.05, 3.63) is 67.5 Å². The van der Waals surface area contributed by atoms with Crippen molar-refractivity contribution in [1.29, 1.82) is 5.26 Å². The van der Waals surface area contributed by atoms with Gasteiger partial charge in [0.1, 0.15) is 34.0 Å². The van der Waals surface area contributed by atoms with Gasteiger partial charge in [0, 0.05) is 12.0 Å². The predicted molar refractivity (Wildman–Crippen MR) is 143 cm³/mol. The second-order valence-corrected chi connectivity index (χ2v) is 10.1. The quantitative estimate of drug-likeness (QED) is 0.230. The Morgan fingerprint density at radius 1 is 1.19 bits per heavy atom. The minimum Gasteiger partial charge on any atom is -0.487 e. The van der Waals surface area contributed by atoms with Crippen LogP contribution in [-0.2, 0) is 17.8 Å². The van der Waals surface area contributed by atoms with Crippen LogP contribution in [0.1, 0.15) is 60.8 Å². The van der Waals surface area contributed by atoms with Gasteiger partial charge in [0.05, 0.1) is 5.69 Å². The third kappa shape index (κ3) is 6.25. The van der Waals surface area contributed by atoms with E-state index < -0.39 is 5.91 Å². The van der Waals surface area contributed by atoms with Gasteiger partial charge in [0.25, 0.3) is 11.5 Å². The number of amides is 1. The number of nitrogens with one attached hydrogen (secondary N) is 1. The van der Waals surface area contributed by atoms with Crippen molar-refractivity contribution in [3.63, 3.8) is 0 Å². The second kappa shape index (κ2) is 11.9. The van der Waals surface area contributed by atoms with Crippen molar-refractivity contribution in [2.24, 2.45) is 0 Å². The van der Waals surface area contributed by atoms with E-state index >= 15 is 0 Å². The minimum atomic E-state index is -0.544. The predicted octanol–water partition coefficient (Wildman–Crippen LogP) is 4.59. The number of fused-ring (bicyclic) bond motifs is 1. The number of carbonyl (C=O) groups excluding carboxylic acids is 1. The summed E-state index contributed by atoms with van der Waals surface area (Å²) in [6, 6.07) is 10.3. The van der Waals surface area contributed by atoms with Crippen molar-refractivity contribution in [2.45, 2.75) is 52.6 Å². The van der Waals surface area contributed by atoms with E-state index in [4.69, 9.17) is 4.74 Å². The van der Waals surface area contributed by atoms with E-state index in [9.17, 15) is 14.9 Å². The highest BCUT2D eigenvalue weighted by atomic mass is 32.1. The highest BCUT2D eigenvalue weighted by Crippen LogP contribution is 2.28. The Labute approximate surface area is 221 Å². The molecular formula is C25H25N7O3S2. The third-order valence-corrected chi connectivity index (χ3v) is 7.64. The molecule has 3 aromatic heterocycles. The fourth-order valence-corrected chi connectivity index (χ4v) is 5.36. The molecule has 0 saturated carbocycles. The van der Waals surface area contributed by atoms with Crippen LogP contribution >= 0.6 is 22.7 Å². The van der Waals surface area contributed by atoms with E-state index in [-0.39, 0.29) is 17.7 Å². The van der Waals surface area contributed by atoms with Crippen LogP contribution in [0.5, 0.6) is 5.75 Å².